The minimum Gasteiger partial charge on any atom is -0.393 e. The van der Waals surface area contributed by atoms with E-state index in [4.69, 9.17) is 9.47 Å². The average Bonchev–Trinajstić information content (AvgIpc) is 2.98. The minimum atomic E-state index is -0.0476. The highest BCUT2D eigenvalue weighted by Crippen LogP contribution is 2.66. The largest absolute Gasteiger partial charge is 0.393 e. The van der Waals surface area contributed by atoms with E-state index in [-0.39, 0.29) is 17.8 Å². The molecule has 1 heterocycles. The highest BCUT2D eigenvalue weighted by Gasteiger charge is 2.60. The van der Waals surface area contributed by atoms with Gasteiger partial charge in [-0.25, -0.2) is 0 Å². The van der Waals surface area contributed by atoms with Crippen LogP contribution in [0.25, 0.3) is 0 Å². The lowest BCUT2D eigenvalue weighted by atomic mass is 9.45. The Morgan fingerprint density at radius 3 is 2.48 bits per heavy atom. The van der Waals surface area contributed by atoms with Crippen molar-refractivity contribution >= 4 is 0 Å². The van der Waals surface area contributed by atoms with Crippen LogP contribution < -0.4 is 0 Å². The van der Waals surface area contributed by atoms with Crippen LogP contribution in [-0.4, -0.2) is 30.2 Å². The zero-order valence-corrected chi connectivity index (χ0v) is 17.5. The van der Waals surface area contributed by atoms with Crippen molar-refractivity contribution in [3.8, 4) is 0 Å². The Bertz CT molecular complexity index is 544. The number of hydrogen-bond acceptors (Lipinski definition) is 3. The summed E-state index contributed by atoms with van der Waals surface area (Å²) in [6, 6.07) is 0. The smallest absolute Gasteiger partial charge is 0.157 e. The SMILES string of the molecule is C[C@]12CC[C@H](O[C@@H]3CCCCO3)C[C@H]1CC[C@@H]1[C@@H]2CC[C@]2(C)[C@@H](O)CC[C@@H]12. The van der Waals surface area contributed by atoms with E-state index in [1.807, 2.05) is 0 Å². The van der Waals surface area contributed by atoms with Crippen LogP contribution in [0.3, 0.4) is 0 Å². The number of rotatable bonds is 2. The molecular formula is C24H40O3. The topological polar surface area (TPSA) is 38.7 Å². The Hall–Kier alpha value is -0.120. The van der Waals surface area contributed by atoms with Gasteiger partial charge in [0.25, 0.3) is 0 Å². The summed E-state index contributed by atoms with van der Waals surface area (Å²) < 4.78 is 12.3. The van der Waals surface area contributed by atoms with Crippen molar-refractivity contribution in [2.24, 2.45) is 34.5 Å². The molecule has 1 N–H and O–H groups in total. The summed E-state index contributed by atoms with van der Waals surface area (Å²) in [6.45, 7) is 5.90. The third-order valence-electron chi connectivity index (χ3n) is 10.0. The molecule has 3 nitrogen and oxygen atoms in total. The molecule has 0 aromatic rings. The maximum absolute atomic E-state index is 10.6. The first-order valence-electron chi connectivity index (χ1n) is 12.0. The monoisotopic (exact) mass is 376 g/mol. The molecule has 3 heteroatoms. The third kappa shape index (κ3) is 3.02. The van der Waals surface area contributed by atoms with Crippen LogP contribution in [0.15, 0.2) is 0 Å². The van der Waals surface area contributed by atoms with Crippen LogP contribution in [0, 0.1) is 34.5 Å². The number of aliphatic hydroxyl groups excluding tert-OH is 1. The maximum Gasteiger partial charge on any atom is 0.157 e. The average molecular weight is 377 g/mol. The van der Waals surface area contributed by atoms with Crippen molar-refractivity contribution in [3.63, 3.8) is 0 Å². The molecule has 0 spiro atoms. The molecule has 5 rings (SSSR count). The summed E-state index contributed by atoms with van der Waals surface area (Å²) in [5.74, 6) is 3.35. The number of fused-ring (bicyclic) bond motifs is 5. The number of aliphatic hydroxyl groups is 1. The second-order valence-electron chi connectivity index (χ2n) is 11.1. The molecule has 0 aromatic carbocycles. The lowest BCUT2D eigenvalue weighted by molar-refractivity contribution is -0.212. The molecule has 1 aliphatic heterocycles. The fourth-order valence-corrected chi connectivity index (χ4v) is 8.35. The minimum absolute atomic E-state index is 0.0476. The van der Waals surface area contributed by atoms with Crippen LogP contribution in [-0.2, 0) is 9.47 Å². The van der Waals surface area contributed by atoms with Gasteiger partial charge in [-0.15, -0.1) is 0 Å². The van der Waals surface area contributed by atoms with Crippen LogP contribution in [0.5, 0.6) is 0 Å². The Morgan fingerprint density at radius 2 is 1.67 bits per heavy atom. The van der Waals surface area contributed by atoms with Crippen molar-refractivity contribution in [1.29, 1.82) is 0 Å². The maximum atomic E-state index is 10.6. The summed E-state index contributed by atoms with van der Waals surface area (Å²) in [6.07, 6.45) is 15.5. The van der Waals surface area contributed by atoms with Gasteiger partial charge in [0.1, 0.15) is 0 Å². The lowest BCUT2D eigenvalue weighted by Gasteiger charge is -2.61. The molecule has 0 aromatic heterocycles. The molecule has 27 heavy (non-hydrogen) atoms. The number of ether oxygens (including phenoxy) is 2. The quantitative estimate of drug-likeness (QED) is 0.665. The molecule has 154 valence electrons. The van der Waals surface area contributed by atoms with Crippen molar-refractivity contribution in [2.45, 2.75) is 109 Å². The van der Waals surface area contributed by atoms with E-state index in [2.05, 4.69) is 13.8 Å². The van der Waals surface area contributed by atoms with Crippen LogP contribution in [0.2, 0.25) is 0 Å². The van der Waals surface area contributed by atoms with Gasteiger partial charge in [0.15, 0.2) is 6.29 Å². The molecule has 0 bridgehead atoms. The van der Waals surface area contributed by atoms with E-state index in [1.165, 1.54) is 64.2 Å². The molecular weight excluding hydrogens is 336 g/mol. The highest BCUT2D eigenvalue weighted by molar-refractivity contribution is 5.09. The first-order valence-corrected chi connectivity index (χ1v) is 12.0. The first kappa shape index (κ1) is 18.9. The fraction of sp³-hybridized carbons (Fsp3) is 1.00. The van der Waals surface area contributed by atoms with Gasteiger partial charge in [-0.3, -0.25) is 0 Å². The van der Waals surface area contributed by atoms with Crippen molar-refractivity contribution in [3.05, 3.63) is 0 Å². The molecule has 5 aliphatic rings. The summed E-state index contributed by atoms with van der Waals surface area (Å²) in [7, 11) is 0. The summed E-state index contributed by atoms with van der Waals surface area (Å²) in [4.78, 5) is 0. The summed E-state index contributed by atoms with van der Waals surface area (Å²) in [5, 5.41) is 10.6. The van der Waals surface area contributed by atoms with Crippen LogP contribution in [0.4, 0.5) is 0 Å². The van der Waals surface area contributed by atoms with Gasteiger partial charge < -0.3 is 14.6 Å². The second kappa shape index (κ2) is 6.99. The fourth-order valence-electron chi connectivity index (χ4n) is 8.35. The third-order valence-corrected chi connectivity index (χ3v) is 10.0. The standard InChI is InChI=1S/C24H40O3/c1-23-12-10-17(27-22-5-3-4-14-26-22)15-16(23)6-7-18-19-8-9-21(25)24(19,2)13-11-20(18)23/h16-22,25H,3-15H2,1-2H3/t16-,17+,18+,19+,20+,21+,22-,23+,24+/m1/s1. The summed E-state index contributed by atoms with van der Waals surface area (Å²) >= 11 is 0. The van der Waals surface area contributed by atoms with Gasteiger partial charge in [0, 0.05) is 6.61 Å². The normalized spacial score (nSPS) is 55.4. The van der Waals surface area contributed by atoms with Gasteiger partial charge in [-0.1, -0.05) is 13.8 Å². The highest BCUT2D eigenvalue weighted by atomic mass is 16.7. The molecule has 0 unspecified atom stereocenters. The predicted molar refractivity (Wildman–Crippen MR) is 106 cm³/mol. The Morgan fingerprint density at radius 1 is 0.852 bits per heavy atom. The number of hydrogen-bond donors (Lipinski definition) is 1. The molecule has 1 saturated heterocycles. The van der Waals surface area contributed by atoms with Crippen LogP contribution >= 0.6 is 0 Å². The van der Waals surface area contributed by atoms with E-state index in [9.17, 15) is 5.11 Å². The molecule has 5 fully saturated rings. The van der Waals surface area contributed by atoms with E-state index < -0.39 is 0 Å². The van der Waals surface area contributed by atoms with Gasteiger partial charge in [0.05, 0.1) is 12.2 Å². The molecule has 4 aliphatic carbocycles. The molecule has 9 atom stereocenters. The predicted octanol–water partition coefficient (Wildman–Crippen LogP) is 5.30. The van der Waals surface area contributed by atoms with Crippen molar-refractivity contribution in [1.82, 2.24) is 0 Å². The summed E-state index contributed by atoms with van der Waals surface area (Å²) in [5.41, 5.74) is 0.716. The van der Waals surface area contributed by atoms with E-state index >= 15 is 0 Å². The Labute approximate surface area is 165 Å². The van der Waals surface area contributed by atoms with Crippen LogP contribution in [0.1, 0.15) is 90.9 Å². The zero-order valence-electron chi connectivity index (χ0n) is 17.5. The lowest BCUT2D eigenvalue weighted by Crippen LogP contribution is -2.54. The molecule has 4 saturated carbocycles. The second-order valence-corrected chi connectivity index (χ2v) is 11.1. The van der Waals surface area contributed by atoms with E-state index in [1.54, 1.807) is 0 Å². The van der Waals surface area contributed by atoms with Gasteiger partial charge in [-0.05, 0) is 112 Å². The Balaban J connectivity index is 1.27. The van der Waals surface area contributed by atoms with E-state index in [0.29, 0.717) is 11.5 Å². The van der Waals surface area contributed by atoms with Crippen molar-refractivity contribution < 1.29 is 14.6 Å². The van der Waals surface area contributed by atoms with Gasteiger partial charge in [-0.2, -0.15) is 0 Å². The zero-order chi connectivity index (χ0) is 18.6. The van der Waals surface area contributed by atoms with Gasteiger partial charge >= 0.3 is 0 Å². The first-order chi connectivity index (χ1) is 13.0. The molecule has 0 radical (unpaired) electrons. The van der Waals surface area contributed by atoms with Gasteiger partial charge in [0.2, 0.25) is 0 Å². The Kier molecular flexibility index (Phi) is 4.89. The van der Waals surface area contributed by atoms with Crippen molar-refractivity contribution in [2.75, 3.05) is 6.61 Å². The van der Waals surface area contributed by atoms with E-state index in [0.717, 1.165) is 43.1 Å². The molecule has 0 amide bonds.